The molecule has 0 radical (unpaired) electrons. The predicted octanol–water partition coefficient (Wildman–Crippen LogP) is 5.42. The maximum Gasteiger partial charge on any atom is 0.138 e. The van der Waals surface area contributed by atoms with Gasteiger partial charge in [0.05, 0.1) is 0 Å². The van der Waals surface area contributed by atoms with Crippen LogP contribution in [0.1, 0.15) is 31.2 Å². The summed E-state index contributed by atoms with van der Waals surface area (Å²) in [4.78, 5) is 11.1. The molecule has 0 bridgehead atoms. The number of rotatable bonds is 5. The lowest BCUT2D eigenvalue weighted by Crippen LogP contribution is -2.12. The van der Waals surface area contributed by atoms with E-state index in [-0.39, 0.29) is 0 Å². The molecule has 0 aliphatic rings. The van der Waals surface area contributed by atoms with Crippen molar-refractivity contribution < 1.29 is 0 Å². The number of aryl methyl sites for hydroxylation is 1. The van der Waals surface area contributed by atoms with Crippen LogP contribution in [0, 0.1) is 6.92 Å². The van der Waals surface area contributed by atoms with E-state index in [2.05, 4.69) is 70.4 Å². The van der Waals surface area contributed by atoms with Crippen molar-refractivity contribution in [2.75, 3.05) is 17.3 Å². The van der Waals surface area contributed by atoms with Crippen LogP contribution in [0.4, 0.5) is 23.0 Å². The maximum atomic E-state index is 4.56. The number of nitrogens with zero attached hydrogens (tertiary/aromatic N) is 3. The normalized spacial score (nSPS) is 10.8. The smallest absolute Gasteiger partial charge is 0.138 e. The molecule has 0 fully saturated rings. The third kappa shape index (κ3) is 4.15. The number of para-hydroxylation sites is 1. The van der Waals surface area contributed by atoms with E-state index >= 15 is 0 Å². The molecule has 25 heavy (non-hydrogen) atoms. The van der Waals surface area contributed by atoms with Crippen molar-refractivity contribution in [3.05, 3.63) is 72.1 Å². The first-order chi connectivity index (χ1) is 12.0. The van der Waals surface area contributed by atoms with Crippen LogP contribution in [0.25, 0.3) is 0 Å². The summed E-state index contributed by atoms with van der Waals surface area (Å²) >= 11 is 0. The van der Waals surface area contributed by atoms with Crippen LogP contribution in [0.2, 0.25) is 0 Å². The van der Waals surface area contributed by atoms with E-state index in [1.54, 1.807) is 0 Å². The molecule has 3 aromatic rings. The maximum absolute atomic E-state index is 4.56. The Labute approximate surface area is 149 Å². The number of hydrogen-bond acceptors (Lipinski definition) is 4. The van der Waals surface area contributed by atoms with Crippen LogP contribution < -0.4 is 10.2 Å². The second kappa shape index (κ2) is 7.34. The van der Waals surface area contributed by atoms with Gasteiger partial charge in [-0.05, 0) is 42.7 Å². The Morgan fingerprint density at radius 1 is 0.920 bits per heavy atom. The van der Waals surface area contributed by atoms with E-state index < -0.39 is 0 Å². The Bertz CT molecular complexity index is 826. The van der Waals surface area contributed by atoms with Crippen LogP contribution in [0.15, 0.2) is 60.7 Å². The van der Waals surface area contributed by atoms with E-state index in [0.717, 1.165) is 28.8 Å². The summed E-state index contributed by atoms with van der Waals surface area (Å²) in [5, 5.41) is 3.38. The largest absolute Gasteiger partial charge is 0.340 e. The Morgan fingerprint density at radius 2 is 1.60 bits per heavy atom. The zero-order valence-electron chi connectivity index (χ0n) is 15.2. The highest BCUT2D eigenvalue weighted by atomic mass is 15.2. The van der Waals surface area contributed by atoms with Crippen molar-refractivity contribution in [2.45, 2.75) is 26.7 Å². The summed E-state index contributed by atoms with van der Waals surface area (Å²) in [6, 6.07) is 20.6. The van der Waals surface area contributed by atoms with E-state index in [4.69, 9.17) is 0 Å². The number of anilines is 4. The quantitative estimate of drug-likeness (QED) is 0.677. The molecule has 3 rings (SSSR count). The molecule has 1 N–H and O–H groups in total. The summed E-state index contributed by atoms with van der Waals surface area (Å²) in [5.41, 5.74) is 3.44. The average molecular weight is 332 g/mol. The van der Waals surface area contributed by atoms with Gasteiger partial charge >= 0.3 is 0 Å². The van der Waals surface area contributed by atoms with E-state index in [1.807, 2.05) is 38.2 Å². The molecule has 2 aromatic carbocycles. The van der Waals surface area contributed by atoms with Gasteiger partial charge in [0.15, 0.2) is 0 Å². The Kier molecular flexibility index (Phi) is 4.98. The molecule has 0 saturated carbocycles. The number of aromatic nitrogens is 2. The summed E-state index contributed by atoms with van der Waals surface area (Å²) in [5.74, 6) is 2.92. The van der Waals surface area contributed by atoms with Gasteiger partial charge in [-0.15, -0.1) is 0 Å². The fourth-order valence-corrected chi connectivity index (χ4v) is 2.67. The highest BCUT2D eigenvalue weighted by Crippen LogP contribution is 2.25. The van der Waals surface area contributed by atoms with Gasteiger partial charge in [-0.25, -0.2) is 9.97 Å². The van der Waals surface area contributed by atoms with Crippen LogP contribution in [-0.4, -0.2) is 17.0 Å². The van der Waals surface area contributed by atoms with Crippen LogP contribution in [-0.2, 0) is 0 Å². The predicted molar refractivity (Wildman–Crippen MR) is 105 cm³/mol. The first kappa shape index (κ1) is 17.0. The molecule has 0 atom stereocenters. The standard InChI is InChI=1S/C21H24N4/c1-15(2)17-10-12-18(13-11-17)24-20-14-21(23-16(3)22-20)25(4)19-8-6-5-7-9-19/h5-15H,1-4H3,(H,22,23,24). The second-order valence-electron chi connectivity index (χ2n) is 6.45. The minimum atomic E-state index is 0.529. The molecule has 0 spiro atoms. The Balaban J connectivity index is 1.84. The third-order valence-corrected chi connectivity index (χ3v) is 4.16. The minimum Gasteiger partial charge on any atom is -0.340 e. The number of benzene rings is 2. The van der Waals surface area contributed by atoms with Gasteiger partial charge in [-0.3, -0.25) is 0 Å². The van der Waals surface area contributed by atoms with E-state index in [0.29, 0.717) is 5.92 Å². The number of hydrogen-bond donors (Lipinski definition) is 1. The summed E-state index contributed by atoms with van der Waals surface area (Å²) in [6.45, 7) is 6.30. The molecule has 0 aliphatic carbocycles. The topological polar surface area (TPSA) is 41.1 Å². The summed E-state index contributed by atoms with van der Waals surface area (Å²) in [7, 11) is 2.01. The molecule has 0 unspecified atom stereocenters. The van der Waals surface area contributed by atoms with Crippen LogP contribution >= 0.6 is 0 Å². The minimum absolute atomic E-state index is 0.529. The highest BCUT2D eigenvalue weighted by Gasteiger charge is 2.09. The van der Waals surface area contributed by atoms with Gasteiger partial charge in [-0.1, -0.05) is 44.2 Å². The molecule has 4 nitrogen and oxygen atoms in total. The molecule has 4 heteroatoms. The zero-order valence-corrected chi connectivity index (χ0v) is 15.2. The van der Waals surface area contributed by atoms with Gasteiger partial charge in [0, 0.05) is 24.5 Å². The van der Waals surface area contributed by atoms with Crippen molar-refractivity contribution >= 4 is 23.0 Å². The molecule has 0 saturated heterocycles. The highest BCUT2D eigenvalue weighted by molar-refractivity contribution is 5.64. The van der Waals surface area contributed by atoms with E-state index in [1.165, 1.54) is 5.56 Å². The lowest BCUT2D eigenvalue weighted by molar-refractivity contribution is 0.867. The first-order valence-electron chi connectivity index (χ1n) is 8.54. The molecule has 1 aromatic heterocycles. The molecule has 0 aliphatic heterocycles. The fraction of sp³-hybridized carbons (Fsp3) is 0.238. The van der Waals surface area contributed by atoms with Crippen molar-refractivity contribution in [1.29, 1.82) is 0 Å². The fourth-order valence-electron chi connectivity index (χ4n) is 2.67. The van der Waals surface area contributed by atoms with Crippen molar-refractivity contribution in [1.82, 2.24) is 9.97 Å². The molecular formula is C21H24N4. The van der Waals surface area contributed by atoms with Crippen LogP contribution in [0.3, 0.4) is 0 Å². The zero-order chi connectivity index (χ0) is 17.8. The second-order valence-corrected chi connectivity index (χ2v) is 6.45. The molecule has 0 amide bonds. The van der Waals surface area contributed by atoms with E-state index in [9.17, 15) is 0 Å². The monoisotopic (exact) mass is 332 g/mol. The molecule has 128 valence electrons. The van der Waals surface area contributed by atoms with Crippen molar-refractivity contribution in [3.8, 4) is 0 Å². The summed E-state index contributed by atoms with van der Waals surface area (Å²) in [6.07, 6.45) is 0. The molecule has 1 heterocycles. The van der Waals surface area contributed by atoms with Gasteiger partial charge in [0.1, 0.15) is 17.5 Å². The Morgan fingerprint density at radius 3 is 2.24 bits per heavy atom. The first-order valence-corrected chi connectivity index (χ1v) is 8.54. The lowest BCUT2D eigenvalue weighted by atomic mass is 10.0. The van der Waals surface area contributed by atoms with Gasteiger partial charge < -0.3 is 10.2 Å². The summed E-state index contributed by atoms with van der Waals surface area (Å²) < 4.78 is 0. The Hall–Kier alpha value is -2.88. The van der Waals surface area contributed by atoms with Crippen LogP contribution in [0.5, 0.6) is 0 Å². The lowest BCUT2D eigenvalue weighted by Gasteiger charge is -2.19. The average Bonchev–Trinajstić information content (AvgIpc) is 2.62. The van der Waals surface area contributed by atoms with Gasteiger partial charge in [-0.2, -0.15) is 0 Å². The SMILES string of the molecule is Cc1nc(Nc2ccc(C(C)C)cc2)cc(N(C)c2ccccc2)n1. The third-order valence-electron chi connectivity index (χ3n) is 4.16. The van der Waals surface area contributed by atoms with Gasteiger partial charge in [0.25, 0.3) is 0 Å². The van der Waals surface area contributed by atoms with Crippen molar-refractivity contribution in [3.63, 3.8) is 0 Å². The molecular weight excluding hydrogens is 308 g/mol. The van der Waals surface area contributed by atoms with Crippen molar-refractivity contribution in [2.24, 2.45) is 0 Å². The number of nitrogens with one attached hydrogen (secondary N) is 1. The van der Waals surface area contributed by atoms with Gasteiger partial charge in [0.2, 0.25) is 0 Å².